The number of aliphatic carboxylic acids is 1. The zero-order chi connectivity index (χ0) is 15.5. The Morgan fingerprint density at radius 2 is 1.68 bits per heavy atom. The van der Waals surface area contributed by atoms with Crippen molar-refractivity contribution < 1.29 is 32.2 Å². The monoisotopic (exact) mass is 301 g/mol. The van der Waals surface area contributed by atoms with E-state index in [1.54, 1.807) is 0 Å². The highest BCUT2D eigenvalue weighted by atomic mass is 32.3. The Bertz CT molecular complexity index is 363. The van der Waals surface area contributed by atoms with Gasteiger partial charge in [0.05, 0.1) is 6.04 Å². The van der Waals surface area contributed by atoms with Crippen molar-refractivity contribution in [3.05, 3.63) is 0 Å². The van der Waals surface area contributed by atoms with Crippen molar-refractivity contribution in [1.29, 1.82) is 0 Å². The van der Waals surface area contributed by atoms with Crippen LogP contribution < -0.4 is 16.8 Å². The first-order chi connectivity index (χ1) is 8.57. The predicted molar refractivity (Wildman–Crippen MR) is 65.7 cm³/mol. The van der Waals surface area contributed by atoms with Gasteiger partial charge in [0.15, 0.2) is 0 Å². The molecule has 0 radical (unpaired) electrons. The largest absolute Gasteiger partial charge is 0.480 e. The molecule has 1 amide bonds. The Kier molecular flexibility index (Phi) is 11.2. The van der Waals surface area contributed by atoms with E-state index in [4.69, 9.17) is 34.1 Å². The Labute approximate surface area is 110 Å². The zero-order valence-corrected chi connectivity index (χ0v) is 11.0. The molecule has 19 heavy (non-hydrogen) atoms. The van der Waals surface area contributed by atoms with Crippen LogP contribution in [0.25, 0.3) is 0 Å². The summed E-state index contributed by atoms with van der Waals surface area (Å²) in [5.41, 5.74) is 10.8. The number of amides is 1. The molecule has 0 rings (SSSR count). The molecule has 0 bridgehead atoms. The Hall–Kier alpha value is -1.27. The molecule has 0 spiro atoms. The van der Waals surface area contributed by atoms with Crippen molar-refractivity contribution in [2.45, 2.75) is 25.3 Å². The average molecular weight is 301 g/mol. The molecule has 0 aromatic carbocycles. The lowest BCUT2D eigenvalue weighted by Gasteiger charge is -2.10. The molecule has 0 aromatic rings. The van der Waals surface area contributed by atoms with Gasteiger partial charge in [-0.05, 0) is 19.4 Å². The number of rotatable bonds is 7. The number of unbranched alkanes of at least 4 members (excludes halogenated alkanes) is 1. The van der Waals surface area contributed by atoms with E-state index in [1.165, 1.54) is 0 Å². The minimum absolute atomic E-state index is 0.385. The second-order valence-electron chi connectivity index (χ2n) is 3.45. The van der Waals surface area contributed by atoms with Gasteiger partial charge in [-0.1, -0.05) is 6.42 Å². The van der Waals surface area contributed by atoms with Gasteiger partial charge < -0.3 is 21.9 Å². The SMILES string of the molecule is NCCCCC(N)C(=O)NCC(=O)O.O=S(=O)(O)O. The minimum Gasteiger partial charge on any atom is -0.480 e. The molecule has 11 heteroatoms. The van der Waals surface area contributed by atoms with Crippen LogP contribution in [0.4, 0.5) is 0 Å². The van der Waals surface area contributed by atoms with E-state index in [1.807, 2.05) is 0 Å². The molecule has 10 nitrogen and oxygen atoms in total. The number of carboxylic acid groups (broad SMARTS) is 1. The lowest BCUT2D eigenvalue weighted by molar-refractivity contribution is -0.138. The van der Waals surface area contributed by atoms with E-state index in [0.29, 0.717) is 13.0 Å². The van der Waals surface area contributed by atoms with Crippen LogP contribution in [0.1, 0.15) is 19.3 Å². The van der Waals surface area contributed by atoms with E-state index in [9.17, 15) is 9.59 Å². The fourth-order valence-electron chi connectivity index (χ4n) is 0.934. The number of nitrogens with two attached hydrogens (primary N) is 2. The minimum atomic E-state index is -4.67. The Balaban J connectivity index is 0. The summed E-state index contributed by atoms with van der Waals surface area (Å²) in [7, 11) is -4.67. The Morgan fingerprint density at radius 3 is 2.05 bits per heavy atom. The van der Waals surface area contributed by atoms with Crippen molar-refractivity contribution in [3.63, 3.8) is 0 Å². The van der Waals surface area contributed by atoms with Crippen LogP contribution in [0.3, 0.4) is 0 Å². The summed E-state index contributed by atoms with van der Waals surface area (Å²) < 4.78 is 31.6. The quantitative estimate of drug-likeness (QED) is 0.227. The molecule has 0 heterocycles. The summed E-state index contributed by atoms with van der Waals surface area (Å²) in [6.45, 7) is 0.187. The third kappa shape index (κ3) is 22.4. The first kappa shape index (κ1) is 20.1. The Morgan fingerprint density at radius 1 is 1.21 bits per heavy atom. The van der Waals surface area contributed by atoms with Crippen LogP contribution in [0.2, 0.25) is 0 Å². The van der Waals surface area contributed by atoms with E-state index in [0.717, 1.165) is 12.8 Å². The molecule has 1 atom stereocenters. The van der Waals surface area contributed by atoms with Gasteiger partial charge in [-0.25, -0.2) is 0 Å². The summed E-state index contributed by atoms with van der Waals surface area (Å²) in [6.07, 6.45) is 2.13. The van der Waals surface area contributed by atoms with Crippen molar-refractivity contribution in [2.24, 2.45) is 11.5 Å². The lowest BCUT2D eigenvalue weighted by atomic mass is 10.1. The summed E-state index contributed by atoms with van der Waals surface area (Å²) in [5.74, 6) is -1.50. The third-order valence-electron chi connectivity index (χ3n) is 1.72. The maximum absolute atomic E-state index is 11.1. The second kappa shape index (κ2) is 10.6. The highest BCUT2D eigenvalue weighted by molar-refractivity contribution is 7.79. The second-order valence-corrected chi connectivity index (χ2v) is 4.35. The third-order valence-corrected chi connectivity index (χ3v) is 1.72. The molecule has 0 fully saturated rings. The highest BCUT2D eigenvalue weighted by Gasteiger charge is 2.12. The molecule has 0 aliphatic carbocycles. The maximum Gasteiger partial charge on any atom is 0.394 e. The molecule has 114 valence electrons. The fraction of sp³-hybridized carbons (Fsp3) is 0.750. The zero-order valence-electron chi connectivity index (χ0n) is 10.2. The smallest absolute Gasteiger partial charge is 0.394 e. The lowest BCUT2D eigenvalue weighted by Crippen LogP contribution is -2.42. The molecular formula is C8H19N3O7S. The summed E-state index contributed by atoms with van der Waals surface area (Å²) in [6, 6.07) is -0.638. The maximum atomic E-state index is 11.1. The number of hydrogen-bond acceptors (Lipinski definition) is 6. The normalized spacial score (nSPS) is 12.0. The molecule has 1 unspecified atom stereocenters. The first-order valence-corrected chi connectivity index (χ1v) is 6.62. The van der Waals surface area contributed by atoms with Crippen LogP contribution in [0, 0.1) is 0 Å². The summed E-state index contributed by atoms with van der Waals surface area (Å²) >= 11 is 0. The van der Waals surface area contributed by atoms with E-state index >= 15 is 0 Å². The predicted octanol–water partition coefficient (Wildman–Crippen LogP) is -2.01. The van der Waals surface area contributed by atoms with Crippen LogP contribution >= 0.6 is 0 Å². The van der Waals surface area contributed by atoms with Gasteiger partial charge in [0.2, 0.25) is 5.91 Å². The molecule has 0 aliphatic rings. The molecule has 0 saturated carbocycles. The number of hydrogen-bond donors (Lipinski definition) is 6. The van der Waals surface area contributed by atoms with Crippen LogP contribution in [0.5, 0.6) is 0 Å². The molecular weight excluding hydrogens is 282 g/mol. The van der Waals surface area contributed by atoms with Crippen LogP contribution in [0.15, 0.2) is 0 Å². The van der Waals surface area contributed by atoms with Crippen LogP contribution in [-0.2, 0) is 20.0 Å². The van der Waals surface area contributed by atoms with Gasteiger partial charge in [-0.3, -0.25) is 18.7 Å². The average Bonchev–Trinajstić information content (AvgIpc) is 2.23. The number of nitrogens with one attached hydrogen (secondary N) is 1. The summed E-state index contributed by atoms with van der Waals surface area (Å²) in [5, 5.41) is 10.5. The topological polar surface area (TPSA) is 193 Å². The van der Waals surface area contributed by atoms with E-state index in [-0.39, 0.29) is 6.54 Å². The van der Waals surface area contributed by atoms with Gasteiger partial charge in [-0.2, -0.15) is 8.42 Å². The van der Waals surface area contributed by atoms with E-state index < -0.39 is 28.3 Å². The summed E-state index contributed by atoms with van der Waals surface area (Å²) in [4.78, 5) is 21.2. The van der Waals surface area contributed by atoms with Crippen molar-refractivity contribution >= 4 is 22.3 Å². The van der Waals surface area contributed by atoms with Crippen molar-refractivity contribution in [1.82, 2.24) is 5.32 Å². The van der Waals surface area contributed by atoms with Crippen molar-refractivity contribution in [3.8, 4) is 0 Å². The van der Waals surface area contributed by atoms with Gasteiger partial charge in [0.1, 0.15) is 6.54 Å². The van der Waals surface area contributed by atoms with Gasteiger partial charge in [-0.15, -0.1) is 0 Å². The van der Waals surface area contributed by atoms with Gasteiger partial charge in [0, 0.05) is 0 Å². The molecule has 0 aliphatic heterocycles. The highest BCUT2D eigenvalue weighted by Crippen LogP contribution is 1.97. The molecule has 0 aromatic heterocycles. The van der Waals surface area contributed by atoms with E-state index in [2.05, 4.69) is 5.32 Å². The number of carbonyl (C=O) groups is 2. The molecule has 0 saturated heterocycles. The first-order valence-electron chi connectivity index (χ1n) is 5.23. The van der Waals surface area contributed by atoms with Crippen LogP contribution in [-0.4, -0.2) is 53.6 Å². The number of carbonyl (C=O) groups excluding carboxylic acids is 1. The standard InChI is InChI=1S/C8H17N3O3.H2O4S/c9-4-2-1-3-6(10)8(14)11-5-7(12)13;1-5(2,3)4/h6H,1-5,9-10H2,(H,11,14)(H,12,13);(H2,1,2,3,4). The van der Waals surface area contributed by atoms with Gasteiger partial charge >= 0.3 is 16.4 Å². The van der Waals surface area contributed by atoms with Crippen molar-refractivity contribution in [2.75, 3.05) is 13.1 Å². The number of carboxylic acids is 1. The van der Waals surface area contributed by atoms with Gasteiger partial charge in [0.25, 0.3) is 0 Å². The fourth-order valence-corrected chi connectivity index (χ4v) is 0.934. The molecule has 8 N–H and O–H groups in total.